The molecule has 0 N–H and O–H groups in total. The molecule has 0 heterocycles. The van der Waals surface area contributed by atoms with Crippen LogP contribution in [0, 0.1) is 0 Å². The highest BCUT2D eigenvalue weighted by Crippen LogP contribution is 2.20. The zero-order chi connectivity index (χ0) is 19.4. The van der Waals surface area contributed by atoms with Crippen molar-refractivity contribution in [2.24, 2.45) is 0 Å². The number of hydrogen-bond donors (Lipinski definition) is 0. The fraction of sp³-hybridized carbons (Fsp3) is 0.952. The fourth-order valence-corrected chi connectivity index (χ4v) is 2.96. The van der Waals surface area contributed by atoms with E-state index in [2.05, 4.69) is 6.92 Å². The fourth-order valence-electron chi connectivity index (χ4n) is 2.96. The summed E-state index contributed by atoms with van der Waals surface area (Å²) in [5.74, 6) is -0.0896. The molecule has 1 aliphatic carbocycles. The van der Waals surface area contributed by atoms with Crippen molar-refractivity contribution in [3.05, 3.63) is 0 Å². The van der Waals surface area contributed by atoms with Crippen molar-refractivity contribution in [3.8, 4) is 0 Å². The van der Waals surface area contributed by atoms with E-state index >= 15 is 0 Å². The third kappa shape index (κ3) is 16.0. The SMILES string of the molecule is CCCCCOCCOCCOCCOCCCC(=O)OC1CCCCC1. The molecule has 1 rings (SSSR count). The van der Waals surface area contributed by atoms with Gasteiger partial charge in [0.1, 0.15) is 6.10 Å². The summed E-state index contributed by atoms with van der Waals surface area (Å²) in [4.78, 5) is 11.7. The number of hydrogen-bond acceptors (Lipinski definition) is 6. The lowest BCUT2D eigenvalue weighted by molar-refractivity contribution is -0.150. The molecule has 6 nitrogen and oxygen atoms in total. The third-order valence-corrected chi connectivity index (χ3v) is 4.53. The van der Waals surface area contributed by atoms with E-state index in [1.807, 2.05) is 0 Å². The molecule has 0 aromatic rings. The second-order valence-electron chi connectivity index (χ2n) is 7.01. The standard InChI is InChI=1S/C21H40O6/c1-2-3-7-12-23-14-16-25-18-19-26-17-15-24-13-8-11-21(22)27-20-9-5-4-6-10-20/h20H,2-19H2,1H3. The number of carbonyl (C=O) groups excluding carboxylic acids is 1. The van der Waals surface area contributed by atoms with Crippen LogP contribution in [0.25, 0.3) is 0 Å². The Labute approximate surface area is 165 Å². The van der Waals surface area contributed by atoms with E-state index in [1.165, 1.54) is 32.1 Å². The van der Waals surface area contributed by atoms with Gasteiger partial charge in [-0.3, -0.25) is 4.79 Å². The lowest BCUT2D eigenvalue weighted by Crippen LogP contribution is -2.21. The molecule has 0 bridgehead atoms. The smallest absolute Gasteiger partial charge is 0.306 e. The molecule has 27 heavy (non-hydrogen) atoms. The number of carbonyl (C=O) groups is 1. The van der Waals surface area contributed by atoms with Crippen LogP contribution in [-0.2, 0) is 28.5 Å². The van der Waals surface area contributed by atoms with Gasteiger partial charge >= 0.3 is 5.97 Å². The third-order valence-electron chi connectivity index (χ3n) is 4.53. The first-order valence-corrected chi connectivity index (χ1v) is 10.8. The largest absolute Gasteiger partial charge is 0.462 e. The first-order valence-electron chi connectivity index (χ1n) is 10.8. The average molecular weight is 389 g/mol. The highest BCUT2D eigenvalue weighted by atomic mass is 16.6. The maximum Gasteiger partial charge on any atom is 0.306 e. The van der Waals surface area contributed by atoms with Crippen molar-refractivity contribution < 1.29 is 28.5 Å². The van der Waals surface area contributed by atoms with E-state index in [0.717, 1.165) is 25.9 Å². The lowest BCUT2D eigenvalue weighted by Gasteiger charge is -2.21. The monoisotopic (exact) mass is 388 g/mol. The van der Waals surface area contributed by atoms with Crippen LogP contribution in [0.1, 0.15) is 71.1 Å². The Morgan fingerprint density at radius 2 is 1.22 bits per heavy atom. The van der Waals surface area contributed by atoms with Crippen molar-refractivity contribution in [2.45, 2.75) is 77.2 Å². The van der Waals surface area contributed by atoms with Crippen molar-refractivity contribution >= 4 is 5.97 Å². The van der Waals surface area contributed by atoms with Gasteiger partial charge < -0.3 is 23.7 Å². The number of unbranched alkanes of at least 4 members (excludes halogenated alkanes) is 2. The van der Waals surface area contributed by atoms with Gasteiger partial charge in [-0.25, -0.2) is 0 Å². The molecular weight excluding hydrogens is 348 g/mol. The van der Waals surface area contributed by atoms with Gasteiger partial charge in [0.15, 0.2) is 0 Å². The summed E-state index contributed by atoms with van der Waals surface area (Å²) in [6, 6.07) is 0. The Bertz CT molecular complexity index is 331. The molecular formula is C21H40O6. The molecule has 160 valence electrons. The van der Waals surface area contributed by atoms with Gasteiger partial charge in [-0.1, -0.05) is 26.2 Å². The predicted octanol–water partition coefficient (Wildman–Crippen LogP) is 3.90. The number of ether oxygens (including phenoxy) is 5. The number of rotatable bonds is 18. The molecule has 1 aliphatic rings. The molecule has 1 saturated carbocycles. The van der Waals surface area contributed by atoms with E-state index in [-0.39, 0.29) is 12.1 Å². The van der Waals surface area contributed by atoms with Crippen LogP contribution in [-0.4, -0.2) is 64.9 Å². The Balaban J connectivity index is 1.72. The van der Waals surface area contributed by atoms with Crippen LogP contribution in [0.4, 0.5) is 0 Å². The second-order valence-corrected chi connectivity index (χ2v) is 7.01. The molecule has 0 aromatic carbocycles. The molecule has 0 aromatic heterocycles. The molecule has 0 unspecified atom stereocenters. The lowest BCUT2D eigenvalue weighted by atomic mass is 9.98. The first-order chi connectivity index (χ1) is 13.3. The van der Waals surface area contributed by atoms with Gasteiger partial charge in [0.25, 0.3) is 0 Å². The van der Waals surface area contributed by atoms with E-state index in [9.17, 15) is 4.79 Å². The van der Waals surface area contributed by atoms with Crippen LogP contribution in [0.15, 0.2) is 0 Å². The van der Waals surface area contributed by atoms with E-state index in [4.69, 9.17) is 23.7 Å². The highest BCUT2D eigenvalue weighted by Gasteiger charge is 2.17. The van der Waals surface area contributed by atoms with Gasteiger partial charge in [0.05, 0.1) is 39.6 Å². The molecule has 0 atom stereocenters. The quantitative estimate of drug-likeness (QED) is 0.262. The molecule has 6 heteroatoms. The summed E-state index contributed by atoms with van der Waals surface area (Å²) in [5.41, 5.74) is 0. The summed E-state index contributed by atoms with van der Waals surface area (Å²) in [7, 11) is 0. The van der Waals surface area contributed by atoms with Gasteiger partial charge in [-0.05, 0) is 38.5 Å². The van der Waals surface area contributed by atoms with Gasteiger partial charge in [0.2, 0.25) is 0 Å². The molecule has 1 fully saturated rings. The summed E-state index contributed by atoms with van der Waals surface area (Å²) in [6.45, 7) is 7.06. The van der Waals surface area contributed by atoms with Crippen LogP contribution < -0.4 is 0 Å². The van der Waals surface area contributed by atoms with Crippen LogP contribution in [0.3, 0.4) is 0 Å². The predicted molar refractivity (Wildman–Crippen MR) is 105 cm³/mol. The first kappa shape index (κ1) is 24.3. The summed E-state index contributed by atoms with van der Waals surface area (Å²) in [5, 5.41) is 0. The summed E-state index contributed by atoms with van der Waals surface area (Å²) in [6.07, 6.45) is 10.5. The van der Waals surface area contributed by atoms with Crippen molar-refractivity contribution in [1.29, 1.82) is 0 Å². The number of esters is 1. The summed E-state index contributed by atoms with van der Waals surface area (Å²) >= 11 is 0. The maximum absolute atomic E-state index is 11.7. The summed E-state index contributed by atoms with van der Waals surface area (Å²) < 4.78 is 27.3. The molecule has 0 saturated heterocycles. The highest BCUT2D eigenvalue weighted by molar-refractivity contribution is 5.69. The average Bonchev–Trinajstić information content (AvgIpc) is 2.68. The van der Waals surface area contributed by atoms with Crippen molar-refractivity contribution in [2.75, 3.05) is 52.9 Å². The normalized spacial score (nSPS) is 15.1. The van der Waals surface area contributed by atoms with E-state index < -0.39 is 0 Å². The van der Waals surface area contributed by atoms with Crippen LogP contribution >= 0.6 is 0 Å². The van der Waals surface area contributed by atoms with Crippen molar-refractivity contribution in [1.82, 2.24) is 0 Å². The minimum Gasteiger partial charge on any atom is -0.462 e. The van der Waals surface area contributed by atoms with Crippen LogP contribution in [0.5, 0.6) is 0 Å². The second kappa shape index (κ2) is 18.7. The van der Waals surface area contributed by atoms with E-state index in [1.54, 1.807) is 0 Å². The molecule has 0 aliphatic heterocycles. The molecule has 0 radical (unpaired) electrons. The van der Waals surface area contributed by atoms with Gasteiger partial charge in [0, 0.05) is 19.6 Å². The van der Waals surface area contributed by atoms with Crippen molar-refractivity contribution in [3.63, 3.8) is 0 Å². The Hall–Kier alpha value is -0.690. The topological polar surface area (TPSA) is 63.2 Å². The van der Waals surface area contributed by atoms with Gasteiger partial charge in [-0.15, -0.1) is 0 Å². The van der Waals surface area contributed by atoms with E-state index in [0.29, 0.717) is 59.1 Å². The maximum atomic E-state index is 11.7. The zero-order valence-corrected chi connectivity index (χ0v) is 17.3. The minimum atomic E-state index is -0.0896. The van der Waals surface area contributed by atoms with Gasteiger partial charge in [-0.2, -0.15) is 0 Å². The minimum absolute atomic E-state index is 0.0896. The molecule has 0 spiro atoms. The Morgan fingerprint density at radius 3 is 1.78 bits per heavy atom. The van der Waals surface area contributed by atoms with Crippen LogP contribution in [0.2, 0.25) is 0 Å². The Kier molecular flexibility index (Phi) is 16.8. The Morgan fingerprint density at radius 1 is 0.704 bits per heavy atom. The zero-order valence-electron chi connectivity index (χ0n) is 17.3. The molecule has 0 amide bonds.